The first-order valence-electron chi connectivity index (χ1n) is 11.7. The molecule has 0 aromatic carbocycles. The summed E-state index contributed by atoms with van der Waals surface area (Å²) >= 11 is 0. The van der Waals surface area contributed by atoms with Crippen molar-refractivity contribution in [1.29, 1.82) is 0 Å². The van der Waals surface area contributed by atoms with Crippen LogP contribution in [0, 0.1) is 5.92 Å². The van der Waals surface area contributed by atoms with Crippen LogP contribution in [0.1, 0.15) is 52.4 Å². The molecule has 15 nitrogen and oxygen atoms in total. The van der Waals surface area contributed by atoms with Gasteiger partial charge in [0.1, 0.15) is 18.1 Å². The molecule has 4 unspecified atom stereocenters. The van der Waals surface area contributed by atoms with E-state index in [0.29, 0.717) is 25.8 Å². The smallest absolute Gasteiger partial charge is 0.326 e. The lowest BCUT2D eigenvalue weighted by atomic mass is 10.0. The van der Waals surface area contributed by atoms with E-state index in [2.05, 4.69) is 20.9 Å². The van der Waals surface area contributed by atoms with Crippen LogP contribution < -0.4 is 44.6 Å². The largest absolute Gasteiger partial charge is 0.480 e. The Morgan fingerprint density at radius 2 is 1.42 bits per heavy atom. The highest BCUT2D eigenvalue weighted by molar-refractivity contribution is 5.96. The van der Waals surface area contributed by atoms with Gasteiger partial charge in [-0.2, -0.15) is 0 Å². The highest BCUT2D eigenvalue weighted by Crippen LogP contribution is 2.07. The van der Waals surface area contributed by atoms with Crippen LogP contribution in [-0.4, -0.2) is 77.9 Å². The molecule has 0 aromatic heterocycles. The van der Waals surface area contributed by atoms with Gasteiger partial charge in [0.15, 0.2) is 5.96 Å². The lowest BCUT2D eigenvalue weighted by Crippen LogP contribution is -2.58. The average Bonchev–Trinajstić information content (AvgIpc) is 2.77. The van der Waals surface area contributed by atoms with Crippen LogP contribution >= 0.6 is 0 Å². The van der Waals surface area contributed by atoms with Crippen LogP contribution in [0.3, 0.4) is 0 Å². The van der Waals surface area contributed by atoms with Gasteiger partial charge in [0, 0.05) is 6.54 Å². The lowest BCUT2D eigenvalue weighted by Gasteiger charge is -2.25. The van der Waals surface area contributed by atoms with Crippen molar-refractivity contribution in [2.24, 2.45) is 39.6 Å². The first-order valence-corrected chi connectivity index (χ1v) is 11.7. The van der Waals surface area contributed by atoms with E-state index in [1.54, 1.807) is 13.8 Å². The van der Waals surface area contributed by atoms with Crippen LogP contribution in [0.15, 0.2) is 4.99 Å². The molecule has 0 saturated heterocycles. The number of nitrogens with one attached hydrogen (secondary N) is 3. The molecule has 0 bridgehead atoms. The molecule has 206 valence electrons. The number of nitrogens with two attached hydrogens (primary N) is 5. The fourth-order valence-electron chi connectivity index (χ4n) is 3.14. The summed E-state index contributed by atoms with van der Waals surface area (Å²) in [5.41, 5.74) is 27.1. The number of carbonyl (C=O) groups excluding carboxylic acids is 4. The average molecular weight is 516 g/mol. The Bertz CT molecular complexity index is 786. The van der Waals surface area contributed by atoms with Crippen LogP contribution in [0.5, 0.6) is 0 Å². The van der Waals surface area contributed by atoms with Gasteiger partial charge in [-0.3, -0.25) is 24.2 Å². The number of hydrogen-bond donors (Lipinski definition) is 9. The maximum absolute atomic E-state index is 13.0. The van der Waals surface area contributed by atoms with Crippen LogP contribution in [-0.2, 0) is 24.0 Å². The van der Waals surface area contributed by atoms with Gasteiger partial charge in [0.25, 0.3) is 0 Å². The number of hydrogen-bond acceptors (Lipinski definition) is 8. The van der Waals surface area contributed by atoms with Gasteiger partial charge in [-0.25, -0.2) is 4.79 Å². The zero-order valence-electron chi connectivity index (χ0n) is 20.9. The summed E-state index contributed by atoms with van der Waals surface area (Å²) in [6.07, 6.45) is 1.32. The lowest BCUT2D eigenvalue weighted by molar-refractivity contribution is -0.143. The summed E-state index contributed by atoms with van der Waals surface area (Å²) in [5, 5.41) is 16.6. The van der Waals surface area contributed by atoms with Crippen molar-refractivity contribution in [2.75, 3.05) is 13.1 Å². The summed E-state index contributed by atoms with van der Waals surface area (Å²) in [5.74, 6) is -5.01. The highest BCUT2D eigenvalue weighted by atomic mass is 16.4. The normalized spacial score (nSPS) is 14.1. The maximum atomic E-state index is 13.0. The molecule has 4 amide bonds. The Morgan fingerprint density at radius 3 is 1.92 bits per heavy atom. The number of nitrogens with zero attached hydrogens (tertiary/aromatic N) is 1. The molecular formula is C21H41N9O6. The number of unbranched alkanes of at least 4 members (excludes halogenated alkanes) is 1. The molecule has 0 fully saturated rings. The van der Waals surface area contributed by atoms with Gasteiger partial charge in [-0.1, -0.05) is 20.3 Å². The Balaban J connectivity index is 5.57. The summed E-state index contributed by atoms with van der Waals surface area (Å²) in [7, 11) is 0. The van der Waals surface area contributed by atoms with Gasteiger partial charge in [-0.05, 0) is 38.1 Å². The summed E-state index contributed by atoms with van der Waals surface area (Å²) in [4.78, 5) is 65.1. The van der Waals surface area contributed by atoms with Crippen LogP contribution in [0.25, 0.3) is 0 Å². The van der Waals surface area contributed by atoms with Crippen molar-refractivity contribution in [2.45, 2.75) is 76.5 Å². The van der Waals surface area contributed by atoms with Crippen molar-refractivity contribution in [1.82, 2.24) is 16.0 Å². The van der Waals surface area contributed by atoms with E-state index in [4.69, 9.17) is 28.7 Å². The molecule has 36 heavy (non-hydrogen) atoms. The summed E-state index contributed by atoms with van der Waals surface area (Å²) in [6.45, 7) is 3.81. The van der Waals surface area contributed by atoms with E-state index in [-0.39, 0.29) is 25.3 Å². The third-order valence-electron chi connectivity index (χ3n) is 5.15. The van der Waals surface area contributed by atoms with Crippen LogP contribution in [0.4, 0.5) is 0 Å². The number of guanidine groups is 1. The number of aliphatic carboxylic acids is 1. The minimum absolute atomic E-state index is 0.0363. The second-order valence-corrected chi connectivity index (χ2v) is 8.70. The first-order chi connectivity index (χ1) is 16.8. The molecule has 0 aliphatic heterocycles. The van der Waals surface area contributed by atoms with Crippen molar-refractivity contribution >= 4 is 35.6 Å². The predicted octanol–water partition coefficient (Wildman–Crippen LogP) is -3.43. The molecule has 0 spiro atoms. The van der Waals surface area contributed by atoms with Crippen molar-refractivity contribution in [3.63, 3.8) is 0 Å². The maximum Gasteiger partial charge on any atom is 0.326 e. The zero-order valence-corrected chi connectivity index (χ0v) is 20.9. The van der Waals surface area contributed by atoms with Gasteiger partial charge >= 0.3 is 5.97 Å². The molecule has 4 atom stereocenters. The minimum atomic E-state index is -1.40. The molecule has 14 N–H and O–H groups in total. The number of aliphatic imine (C=N–C) groups is 1. The monoisotopic (exact) mass is 515 g/mol. The number of carbonyl (C=O) groups is 5. The van der Waals surface area contributed by atoms with Gasteiger partial charge in [-0.15, -0.1) is 0 Å². The fourth-order valence-corrected chi connectivity index (χ4v) is 3.14. The van der Waals surface area contributed by atoms with Gasteiger partial charge in [0.2, 0.25) is 23.6 Å². The molecular weight excluding hydrogens is 474 g/mol. The molecule has 0 aliphatic carbocycles. The Labute approximate surface area is 210 Å². The molecule has 0 rings (SSSR count). The molecule has 0 radical (unpaired) electrons. The predicted molar refractivity (Wildman–Crippen MR) is 133 cm³/mol. The molecule has 0 aliphatic rings. The second kappa shape index (κ2) is 17.0. The summed E-state index contributed by atoms with van der Waals surface area (Å²) in [6, 6.07) is -4.76. The van der Waals surface area contributed by atoms with Crippen molar-refractivity contribution in [3.05, 3.63) is 0 Å². The van der Waals surface area contributed by atoms with E-state index < -0.39 is 66.1 Å². The third-order valence-corrected chi connectivity index (χ3v) is 5.15. The zero-order chi connectivity index (χ0) is 27.8. The Kier molecular flexibility index (Phi) is 15.4. The van der Waals surface area contributed by atoms with E-state index in [0.717, 1.165) is 0 Å². The van der Waals surface area contributed by atoms with E-state index in [1.165, 1.54) is 0 Å². The van der Waals surface area contributed by atoms with E-state index >= 15 is 0 Å². The Hall–Kier alpha value is -3.46. The standard InChI is InChI=1S/C21H41N9O6/c1-11(2)16(20(35)36)30-18(33)13(7-5-9-27-21(25)26)28-19(34)14(10-15(24)31)29-17(32)12(23)6-3-4-8-22/h11-14,16H,3-10,22-23H2,1-2H3,(H2,24,31)(H,28,34)(H,29,32)(H,30,33)(H,35,36)(H4,25,26,27). The van der Waals surface area contributed by atoms with Crippen molar-refractivity contribution in [3.8, 4) is 0 Å². The SMILES string of the molecule is CC(C)C(NC(=O)C(CCCN=C(N)N)NC(=O)C(CC(N)=O)NC(=O)C(N)CCCCN)C(=O)O. The number of carboxylic acids is 1. The topological polar surface area (TPSA) is 284 Å². The second-order valence-electron chi connectivity index (χ2n) is 8.70. The summed E-state index contributed by atoms with van der Waals surface area (Å²) < 4.78 is 0. The van der Waals surface area contributed by atoms with E-state index in [1.807, 2.05) is 0 Å². The van der Waals surface area contributed by atoms with E-state index in [9.17, 15) is 29.1 Å². The number of carboxylic acid groups (broad SMARTS) is 1. The van der Waals surface area contributed by atoms with Crippen LogP contribution in [0.2, 0.25) is 0 Å². The Morgan fingerprint density at radius 1 is 0.833 bits per heavy atom. The fraction of sp³-hybridized carbons (Fsp3) is 0.714. The number of rotatable bonds is 18. The van der Waals surface area contributed by atoms with Gasteiger partial charge < -0.3 is 49.7 Å². The number of primary amides is 1. The molecule has 0 aromatic rings. The number of amides is 4. The molecule has 0 saturated carbocycles. The first kappa shape index (κ1) is 32.5. The molecule has 15 heteroatoms. The van der Waals surface area contributed by atoms with Crippen molar-refractivity contribution < 1.29 is 29.1 Å². The van der Waals surface area contributed by atoms with Gasteiger partial charge in [0.05, 0.1) is 12.5 Å². The molecule has 0 heterocycles. The third kappa shape index (κ3) is 13.4. The highest BCUT2D eigenvalue weighted by Gasteiger charge is 2.31. The quantitative estimate of drug-likeness (QED) is 0.0494. The minimum Gasteiger partial charge on any atom is -0.480 e.